The number of nitrogens with one attached hydrogen (secondary N) is 5. The molecule has 0 aromatic heterocycles. The van der Waals surface area contributed by atoms with Crippen LogP contribution in [-0.4, -0.2) is 232 Å². The van der Waals surface area contributed by atoms with Gasteiger partial charge in [0.1, 0.15) is 23.6 Å². The van der Waals surface area contributed by atoms with E-state index in [1.54, 1.807) is 22.5 Å². The lowest BCUT2D eigenvalue weighted by atomic mass is 9.81. The van der Waals surface area contributed by atoms with Gasteiger partial charge in [0.25, 0.3) is 0 Å². The first-order chi connectivity index (χ1) is 37.6. The third kappa shape index (κ3) is 34.1. The van der Waals surface area contributed by atoms with E-state index >= 15 is 0 Å². The number of aliphatic carboxylic acids is 3. The quantitative estimate of drug-likeness (QED) is 0.0116. The van der Waals surface area contributed by atoms with Gasteiger partial charge in [0, 0.05) is 71.9 Å². The van der Waals surface area contributed by atoms with Crippen molar-refractivity contribution in [2.45, 2.75) is 84.7 Å². The molecule has 2 aliphatic heterocycles. The molecule has 2 bridgehead atoms. The van der Waals surface area contributed by atoms with Gasteiger partial charge in [-0.25, -0.2) is 5.48 Å². The summed E-state index contributed by atoms with van der Waals surface area (Å²) in [7, 11) is 1.51. The average molecular weight is 1130 g/mol. The topological polar surface area (TPSA) is 406 Å². The average Bonchev–Trinajstić information content (AvgIpc) is 3.38. The van der Waals surface area contributed by atoms with Crippen LogP contribution in [0.25, 0.3) is 0 Å². The lowest BCUT2D eigenvalue weighted by Gasteiger charge is -2.29. The lowest BCUT2D eigenvalue weighted by molar-refractivity contribution is -0.142. The minimum atomic E-state index is -1.19. The number of ketones is 1. The fraction of sp³-hybridized carbons (Fsp3) is 0.686. The molecule has 5 amide bonds. The normalized spacial score (nSPS) is 15.9. The number of nitrogens with two attached hydrogens (primary N) is 2. The van der Waals surface area contributed by atoms with Gasteiger partial charge < -0.3 is 67.0 Å². The fourth-order valence-electron chi connectivity index (χ4n) is 8.08. The standard InChI is InChI=1S/C29H47N7O7.C22H40N4O10/c1-18(2)16-22-21(26(38)36-41)6-5-14-43-20-10-8-19(9-11-20)17-24(35-25(22)37)28(40)34-23(7-4-12-33-29(30)31)27(39)32-13-15-42-3;1-3-9-35-11-12-36-10-4-23-19(28)14-24(5-7-25(13-18(2)27)15-20(29)30)6-8-26(16-21(31)32)17-22(33)34/h8-11,18,21-24,41H,4-7,12-17H2,1-3H3,(H,32,39)(H,34,40)(H,35,37)(H,36,38)(H4,30,31,33);3-17H2,1-2H3,(H,23,28)(H,29,30)(H,31,32)(H,33,34)/t21-,22+,23-,24-;/m0./s1. The maximum atomic E-state index is 13.8. The number of Topliss-reactive ketones (excluding diaryl/α,β-unsaturated/α-hetero) is 1. The molecule has 0 aliphatic carbocycles. The first-order valence-electron chi connectivity index (χ1n) is 26.4. The highest BCUT2D eigenvalue weighted by Gasteiger charge is 2.37. The molecule has 0 radical (unpaired) electrons. The molecule has 1 aromatic rings. The molecular weight excluding hydrogens is 1040 g/mol. The Balaban J connectivity index is 0.000000804. The maximum absolute atomic E-state index is 13.8. The predicted molar refractivity (Wildman–Crippen MR) is 288 cm³/mol. The number of hydrogen-bond donors (Lipinski definition) is 11. The van der Waals surface area contributed by atoms with Gasteiger partial charge in [-0.1, -0.05) is 32.9 Å². The Morgan fingerprint density at radius 3 is 1.92 bits per heavy atom. The minimum absolute atomic E-state index is 0.0457. The van der Waals surface area contributed by atoms with Crippen LogP contribution < -0.4 is 43.0 Å². The van der Waals surface area contributed by atoms with Crippen LogP contribution >= 0.6 is 0 Å². The fourth-order valence-corrected chi connectivity index (χ4v) is 8.08. The first kappa shape index (κ1) is 70.5. The summed E-state index contributed by atoms with van der Waals surface area (Å²) in [5, 5.41) is 47.7. The zero-order valence-electron chi connectivity index (χ0n) is 46.4. The number of carbonyl (C=O) groups is 9. The number of fused-ring (bicyclic) bond motifs is 11. The second kappa shape index (κ2) is 41.5. The molecule has 448 valence electrons. The molecular formula is C51H87N11O17. The van der Waals surface area contributed by atoms with Crippen molar-refractivity contribution in [1.82, 2.24) is 41.4 Å². The molecule has 13 N–H and O–H groups in total. The predicted octanol–water partition coefficient (Wildman–Crippen LogP) is -1.73. The largest absolute Gasteiger partial charge is 0.494 e. The Morgan fingerprint density at radius 2 is 1.38 bits per heavy atom. The number of rotatable bonds is 37. The van der Waals surface area contributed by atoms with Gasteiger partial charge in [0.15, 0.2) is 5.96 Å². The molecule has 3 rings (SSSR count). The number of nitrogens with zero attached hydrogens (tertiary/aromatic N) is 4. The van der Waals surface area contributed by atoms with E-state index in [1.807, 2.05) is 32.9 Å². The van der Waals surface area contributed by atoms with E-state index in [0.717, 1.165) is 12.0 Å². The zero-order chi connectivity index (χ0) is 59.1. The number of carboxylic acid groups (broad SMARTS) is 3. The highest BCUT2D eigenvalue weighted by Crippen LogP contribution is 2.27. The van der Waals surface area contributed by atoms with Crippen LogP contribution in [0.4, 0.5) is 0 Å². The van der Waals surface area contributed by atoms with E-state index in [-0.39, 0.29) is 115 Å². The van der Waals surface area contributed by atoms with Crippen LogP contribution in [0, 0.1) is 17.8 Å². The monoisotopic (exact) mass is 1130 g/mol. The number of hydroxylamine groups is 1. The van der Waals surface area contributed by atoms with E-state index in [0.29, 0.717) is 58.0 Å². The van der Waals surface area contributed by atoms with Crippen molar-refractivity contribution in [3.05, 3.63) is 29.8 Å². The minimum Gasteiger partial charge on any atom is -0.494 e. The highest BCUT2D eigenvalue weighted by atomic mass is 16.5. The van der Waals surface area contributed by atoms with Crippen LogP contribution in [0.2, 0.25) is 0 Å². The van der Waals surface area contributed by atoms with E-state index < -0.39 is 78.5 Å². The zero-order valence-corrected chi connectivity index (χ0v) is 46.4. The molecule has 0 saturated carbocycles. The third-order valence-corrected chi connectivity index (χ3v) is 11.7. The van der Waals surface area contributed by atoms with Gasteiger partial charge in [-0.2, -0.15) is 0 Å². The van der Waals surface area contributed by atoms with Crippen molar-refractivity contribution in [3.63, 3.8) is 0 Å². The third-order valence-electron chi connectivity index (χ3n) is 11.7. The molecule has 28 nitrogen and oxygen atoms in total. The summed E-state index contributed by atoms with van der Waals surface area (Å²) in [5.74, 6) is -7.25. The Kier molecular flexibility index (Phi) is 37.0. The van der Waals surface area contributed by atoms with Crippen LogP contribution in [0.15, 0.2) is 29.3 Å². The van der Waals surface area contributed by atoms with Crippen molar-refractivity contribution in [1.29, 1.82) is 0 Å². The summed E-state index contributed by atoms with van der Waals surface area (Å²) in [6.45, 7) is 9.48. The van der Waals surface area contributed by atoms with Crippen molar-refractivity contribution < 1.29 is 82.6 Å². The summed E-state index contributed by atoms with van der Waals surface area (Å²) in [5.41, 5.74) is 13.3. The number of amides is 5. The van der Waals surface area contributed by atoms with Crippen molar-refractivity contribution in [2.75, 3.05) is 125 Å². The van der Waals surface area contributed by atoms with Gasteiger partial charge in [-0.15, -0.1) is 0 Å². The van der Waals surface area contributed by atoms with E-state index in [9.17, 15) is 48.4 Å². The number of carboxylic acids is 3. The molecule has 0 fully saturated rings. The molecule has 0 saturated heterocycles. The van der Waals surface area contributed by atoms with Crippen LogP contribution in [0.5, 0.6) is 5.75 Å². The smallest absolute Gasteiger partial charge is 0.317 e. The van der Waals surface area contributed by atoms with Gasteiger partial charge >= 0.3 is 17.9 Å². The Hall–Kier alpha value is -6.56. The molecule has 2 heterocycles. The summed E-state index contributed by atoms with van der Waals surface area (Å²) in [6.07, 6.45) is 2.78. The molecule has 1 aromatic carbocycles. The molecule has 2 aliphatic rings. The van der Waals surface area contributed by atoms with Gasteiger partial charge in [-0.3, -0.25) is 68.1 Å². The summed E-state index contributed by atoms with van der Waals surface area (Å²) in [6, 6.07) is 5.16. The number of guanidine groups is 1. The van der Waals surface area contributed by atoms with Crippen LogP contribution in [0.1, 0.15) is 71.8 Å². The lowest BCUT2D eigenvalue weighted by Crippen LogP contribution is -2.56. The SMILES string of the molecule is CCCOCCOCCNC(=O)CN(CCN(CC(C)=O)CC(=O)O)CCN(CC(=O)O)CC(=O)O.COCCNC(=O)[C@H](CCCN=C(N)N)NC(=O)[C@@H]1Cc2ccc(cc2)OCCC[C@H](C(=O)NO)[C@@H](CC(C)C)C(=O)N1. The number of carbonyl (C=O) groups excluding carboxylic acids is 6. The van der Waals surface area contributed by atoms with Crippen LogP contribution in [0.3, 0.4) is 0 Å². The second-order valence-corrected chi connectivity index (χ2v) is 19.2. The number of benzene rings is 1. The van der Waals surface area contributed by atoms with Gasteiger partial charge in [0.2, 0.25) is 29.5 Å². The Morgan fingerprint density at radius 1 is 0.797 bits per heavy atom. The molecule has 79 heavy (non-hydrogen) atoms. The molecule has 0 spiro atoms. The van der Waals surface area contributed by atoms with Crippen molar-refractivity contribution >= 4 is 59.2 Å². The number of aliphatic imine (C=N–C) groups is 1. The summed E-state index contributed by atoms with van der Waals surface area (Å²) in [4.78, 5) is 119. The summed E-state index contributed by atoms with van der Waals surface area (Å²) < 4.78 is 21.5. The Labute approximate surface area is 461 Å². The number of methoxy groups -OCH3 is 1. The van der Waals surface area contributed by atoms with Crippen molar-refractivity contribution in [2.24, 2.45) is 34.2 Å². The highest BCUT2D eigenvalue weighted by molar-refractivity contribution is 5.94. The van der Waals surface area contributed by atoms with E-state index in [1.165, 1.54) is 23.8 Å². The first-order valence-corrected chi connectivity index (χ1v) is 26.4. The van der Waals surface area contributed by atoms with Gasteiger partial charge in [-0.05, 0) is 69.1 Å². The Bertz CT molecular complexity index is 1970. The summed E-state index contributed by atoms with van der Waals surface area (Å²) >= 11 is 0. The molecule has 0 unspecified atom stereocenters. The molecule has 28 heteroatoms. The number of ether oxygens (including phenoxy) is 4. The van der Waals surface area contributed by atoms with E-state index in [2.05, 4.69) is 26.3 Å². The van der Waals surface area contributed by atoms with Gasteiger partial charge in [0.05, 0.1) is 71.7 Å². The van der Waals surface area contributed by atoms with Crippen molar-refractivity contribution in [3.8, 4) is 5.75 Å². The second-order valence-electron chi connectivity index (χ2n) is 19.2. The molecule has 4 atom stereocenters. The van der Waals surface area contributed by atoms with Crippen LogP contribution in [-0.2, 0) is 63.8 Å². The number of hydrogen-bond acceptors (Lipinski definition) is 18. The maximum Gasteiger partial charge on any atom is 0.317 e. The van der Waals surface area contributed by atoms with E-state index in [4.69, 9.17) is 45.7 Å².